The van der Waals surface area contributed by atoms with Gasteiger partial charge < -0.3 is 5.11 Å². The molecule has 5 nitrogen and oxygen atoms in total. The van der Waals surface area contributed by atoms with E-state index in [0.29, 0.717) is 11.6 Å². The molecule has 1 atom stereocenters. The summed E-state index contributed by atoms with van der Waals surface area (Å²) in [4.78, 5) is 9.06. The van der Waals surface area contributed by atoms with E-state index in [1.54, 1.807) is 11.6 Å². The molecule has 4 aromatic rings. The lowest BCUT2D eigenvalue weighted by Crippen LogP contribution is -2.04. The fraction of sp³-hybridized carbons (Fsp3) is 0.227. The fourth-order valence-corrected chi connectivity index (χ4v) is 3.46. The van der Waals surface area contributed by atoms with Gasteiger partial charge in [-0.3, -0.25) is 0 Å². The van der Waals surface area contributed by atoms with Crippen LogP contribution >= 0.6 is 0 Å². The van der Waals surface area contributed by atoms with Crippen LogP contribution in [0.5, 0.6) is 0 Å². The Bertz CT molecular complexity index is 1110. The molecule has 1 fully saturated rings. The number of aliphatic hydroxyl groups excluding tert-OH is 1. The van der Waals surface area contributed by atoms with Gasteiger partial charge in [-0.05, 0) is 48.9 Å². The highest BCUT2D eigenvalue weighted by Gasteiger charge is 2.23. The van der Waals surface area contributed by atoms with Crippen LogP contribution in [0, 0.1) is 6.07 Å². The van der Waals surface area contributed by atoms with Crippen molar-refractivity contribution in [1.82, 2.24) is 19.7 Å². The third-order valence-electron chi connectivity index (χ3n) is 5.05. The maximum atomic E-state index is 10.0. The quantitative estimate of drug-likeness (QED) is 0.595. The van der Waals surface area contributed by atoms with Gasteiger partial charge in [0, 0.05) is 23.3 Å². The summed E-state index contributed by atoms with van der Waals surface area (Å²) >= 11 is 0. The molecule has 1 aliphatic rings. The van der Waals surface area contributed by atoms with Gasteiger partial charge in [-0.25, -0.2) is 9.97 Å². The van der Waals surface area contributed by atoms with Crippen LogP contribution in [0.4, 0.5) is 0 Å². The number of fused-ring (bicyclic) bond motifs is 1. The third kappa shape index (κ3) is 2.90. The molecule has 0 aliphatic heterocycles. The number of aliphatic hydroxyl groups is 1. The summed E-state index contributed by atoms with van der Waals surface area (Å²) in [5.74, 6) is 1.20. The molecule has 1 aliphatic carbocycles. The molecule has 1 unspecified atom stereocenters. The van der Waals surface area contributed by atoms with Crippen LogP contribution in [0.25, 0.3) is 28.0 Å². The van der Waals surface area contributed by atoms with Gasteiger partial charge >= 0.3 is 0 Å². The predicted molar refractivity (Wildman–Crippen MR) is 104 cm³/mol. The van der Waals surface area contributed by atoms with E-state index in [0.717, 1.165) is 27.9 Å². The van der Waals surface area contributed by atoms with E-state index in [2.05, 4.69) is 45.4 Å². The van der Waals surface area contributed by atoms with Gasteiger partial charge in [-0.1, -0.05) is 36.4 Å². The third-order valence-corrected chi connectivity index (χ3v) is 5.05. The van der Waals surface area contributed by atoms with Crippen molar-refractivity contribution in [2.75, 3.05) is 0 Å². The second-order valence-corrected chi connectivity index (χ2v) is 7.09. The van der Waals surface area contributed by atoms with Crippen molar-refractivity contribution in [3.05, 3.63) is 72.2 Å². The zero-order valence-corrected chi connectivity index (χ0v) is 15.0. The van der Waals surface area contributed by atoms with Crippen molar-refractivity contribution in [3.8, 4) is 17.1 Å². The van der Waals surface area contributed by atoms with Crippen LogP contribution in [0.1, 0.15) is 43.0 Å². The molecule has 0 bridgehead atoms. The van der Waals surface area contributed by atoms with Gasteiger partial charge in [-0.15, -0.1) is 0 Å². The van der Waals surface area contributed by atoms with Crippen molar-refractivity contribution in [1.29, 1.82) is 0 Å². The lowest BCUT2D eigenvalue weighted by Gasteiger charge is -2.06. The fourth-order valence-electron chi connectivity index (χ4n) is 3.46. The Morgan fingerprint density at radius 3 is 2.70 bits per heavy atom. The SMILES string of the molecule is CC(O)c1nn(-c2ncc(-c3cccc(C4CC4)c3)cn2)c2c[c]ccc12. The zero-order valence-electron chi connectivity index (χ0n) is 15.0. The smallest absolute Gasteiger partial charge is 0.251 e. The van der Waals surface area contributed by atoms with E-state index in [-0.39, 0.29) is 0 Å². The van der Waals surface area contributed by atoms with E-state index >= 15 is 0 Å². The minimum atomic E-state index is -0.666. The van der Waals surface area contributed by atoms with Crippen molar-refractivity contribution < 1.29 is 5.11 Å². The topological polar surface area (TPSA) is 63.8 Å². The van der Waals surface area contributed by atoms with Crippen LogP contribution in [0.2, 0.25) is 0 Å². The lowest BCUT2D eigenvalue weighted by molar-refractivity contribution is 0.195. The molecule has 27 heavy (non-hydrogen) atoms. The first kappa shape index (κ1) is 16.1. The number of hydrogen-bond acceptors (Lipinski definition) is 4. The van der Waals surface area contributed by atoms with E-state index in [1.807, 2.05) is 30.6 Å². The number of aromatic nitrogens is 4. The Kier molecular flexibility index (Phi) is 3.76. The second kappa shape index (κ2) is 6.28. The van der Waals surface area contributed by atoms with Gasteiger partial charge in [0.1, 0.15) is 0 Å². The Labute approximate surface area is 157 Å². The summed E-state index contributed by atoms with van der Waals surface area (Å²) in [6.45, 7) is 1.71. The van der Waals surface area contributed by atoms with Gasteiger partial charge in [-0.2, -0.15) is 9.78 Å². The molecule has 5 rings (SSSR count). The molecule has 1 radical (unpaired) electrons. The predicted octanol–water partition coefficient (Wildman–Crippen LogP) is 4.21. The molecular formula is C22H19N4O. The van der Waals surface area contributed by atoms with Crippen molar-refractivity contribution in [2.24, 2.45) is 0 Å². The number of hydrogen-bond donors (Lipinski definition) is 1. The van der Waals surface area contributed by atoms with Crippen molar-refractivity contribution in [3.63, 3.8) is 0 Å². The van der Waals surface area contributed by atoms with Crippen LogP contribution in [-0.4, -0.2) is 24.9 Å². The van der Waals surface area contributed by atoms with Gasteiger partial charge in [0.25, 0.3) is 5.95 Å². The van der Waals surface area contributed by atoms with Gasteiger partial charge in [0.05, 0.1) is 17.3 Å². The van der Waals surface area contributed by atoms with Crippen LogP contribution in [0.15, 0.2) is 54.9 Å². The summed E-state index contributed by atoms with van der Waals surface area (Å²) in [5.41, 5.74) is 4.96. The Balaban J connectivity index is 1.54. The zero-order chi connectivity index (χ0) is 18.4. The molecule has 2 aromatic heterocycles. The Morgan fingerprint density at radius 1 is 1.15 bits per heavy atom. The van der Waals surface area contributed by atoms with E-state index < -0.39 is 6.10 Å². The number of rotatable bonds is 4. The summed E-state index contributed by atoms with van der Waals surface area (Å²) in [6.07, 6.45) is 5.56. The molecule has 1 N–H and O–H groups in total. The van der Waals surface area contributed by atoms with E-state index in [4.69, 9.17) is 0 Å². The Morgan fingerprint density at radius 2 is 1.96 bits per heavy atom. The standard InChI is InChI=1S/C22H19N4O/c1-14(27)21-19-7-2-3-8-20(19)26(25-21)22-23-12-18(13-24-22)17-6-4-5-16(11-17)15-9-10-15/h2,4-8,11-15,27H,9-10H2,1H3. The molecule has 0 saturated heterocycles. The first-order valence-electron chi connectivity index (χ1n) is 9.20. The molecule has 0 amide bonds. The summed E-state index contributed by atoms with van der Waals surface area (Å²) in [6, 6.07) is 17.2. The summed E-state index contributed by atoms with van der Waals surface area (Å²) in [5, 5.41) is 15.4. The maximum absolute atomic E-state index is 10.0. The summed E-state index contributed by atoms with van der Waals surface area (Å²) in [7, 11) is 0. The molecule has 0 spiro atoms. The van der Waals surface area contributed by atoms with Gasteiger partial charge in [0.15, 0.2) is 0 Å². The minimum absolute atomic E-state index is 0.480. The highest BCUT2D eigenvalue weighted by molar-refractivity contribution is 5.83. The first-order chi connectivity index (χ1) is 13.2. The molecule has 5 heteroatoms. The molecular weight excluding hydrogens is 336 g/mol. The first-order valence-corrected chi connectivity index (χ1v) is 9.20. The largest absolute Gasteiger partial charge is 0.387 e. The number of benzene rings is 2. The molecule has 2 heterocycles. The average molecular weight is 355 g/mol. The monoisotopic (exact) mass is 355 g/mol. The molecule has 1 saturated carbocycles. The normalized spacial score (nSPS) is 15.2. The van der Waals surface area contributed by atoms with Crippen LogP contribution in [0.3, 0.4) is 0 Å². The van der Waals surface area contributed by atoms with Crippen molar-refractivity contribution >= 4 is 10.9 Å². The number of nitrogens with zero attached hydrogens (tertiary/aromatic N) is 4. The van der Waals surface area contributed by atoms with Gasteiger partial charge in [0.2, 0.25) is 0 Å². The maximum Gasteiger partial charge on any atom is 0.251 e. The van der Waals surface area contributed by atoms with Crippen LogP contribution in [-0.2, 0) is 0 Å². The molecule has 133 valence electrons. The highest BCUT2D eigenvalue weighted by atomic mass is 16.3. The molecule has 2 aromatic carbocycles. The van der Waals surface area contributed by atoms with Crippen molar-refractivity contribution in [2.45, 2.75) is 31.8 Å². The van der Waals surface area contributed by atoms with Crippen LogP contribution < -0.4 is 0 Å². The second-order valence-electron chi connectivity index (χ2n) is 7.09. The average Bonchev–Trinajstić information content (AvgIpc) is 3.48. The minimum Gasteiger partial charge on any atom is -0.387 e. The van der Waals surface area contributed by atoms with E-state index in [9.17, 15) is 5.11 Å². The summed E-state index contributed by atoms with van der Waals surface area (Å²) < 4.78 is 1.66. The lowest BCUT2D eigenvalue weighted by atomic mass is 10.0. The van der Waals surface area contributed by atoms with E-state index in [1.165, 1.54) is 18.4 Å². The highest BCUT2D eigenvalue weighted by Crippen LogP contribution is 2.41. The Hall–Kier alpha value is -3.05.